The molecule has 142 valence electrons. The number of carbonyl (C=O) groups excluding carboxylic acids is 2. The van der Waals surface area contributed by atoms with Crippen LogP contribution in [0, 0.1) is 5.82 Å². The first-order valence-electron chi connectivity index (χ1n) is 9.19. The van der Waals surface area contributed by atoms with E-state index in [9.17, 15) is 14.0 Å². The van der Waals surface area contributed by atoms with Gasteiger partial charge in [0.05, 0.1) is 22.5 Å². The van der Waals surface area contributed by atoms with Gasteiger partial charge in [-0.1, -0.05) is 12.1 Å². The Balaban J connectivity index is 1.33. The highest BCUT2D eigenvalue weighted by Crippen LogP contribution is 2.29. The Morgan fingerprint density at radius 1 is 1.18 bits per heavy atom. The molecule has 3 amide bonds. The molecule has 0 bridgehead atoms. The van der Waals surface area contributed by atoms with Crippen molar-refractivity contribution in [2.45, 2.75) is 5.92 Å². The van der Waals surface area contributed by atoms with Crippen molar-refractivity contribution < 1.29 is 14.0 Å². The Morgan fingerprint density at radius 2 is 2.00 bits per heavy atom. The SMILES string of the molecule is O=C(c1cc(N2CCNC2=O)ccc1F)N1CC(c2nc3ccccc3[nH]2)C1. The van der Waals surface area contributed by atoms with Crippen molar-refractivity contribution in [3.63, 3.8) is 0 Å². The lowest BCUT2D eigenvalue weighted by Crippen LogP contribution is -2.49. The first kappa shape index (κ1) is 16.7. The lowest BCUT2D eigenvalue weighted by Gasteiger charge is -2.38. The fourth-order valence-electron chi connectivity index (χ4n) is 3.72. The molecular formula is C20H18FN5O2. The predicted octanol–water partition coefficient (Wildman–Crippen LogP) is 2.47. The van der Waals surface area contributed by atoms with E-state index in [1.807, 2.05) is 24.3 Å². The standard InChI is InChI=1S/C20H18FN5O2/c21-15-6-5-13(26-8-7-22-20(26)28)9-14(15)19(27)25-10-12(11-25)18-23-16-3-1-2-4-17(16)24-18/h1-6,9,12H,7-8,10-11H2,(H,22,28)(H,23,24). The molecule has 0 unspecified atom stereocenters. The quantitative estimate of drug-likeness (QED) is 0.734. The monoisotopic (exact) mass is 379 g/mol. The van der Waals surface area contributed by atoms with Crippen molar-refractivity contribution in [1.82, 2.24) is 20.2 Å². The molecule has 7 nitrogen and oxygen atoms in total. The molecule has 2 aliphatic rings. The molecule has 0 saturated carbocycles. The second-order valence-corrected chi connectivity index (χ2v) is 7.09. The summed E-state index contributed by atoms with van der Waals surface area (Å²) < 4.78 is 14.3. The van der Waals surface area contributed by atoms with Crippen LogP contribution in [0.3, 0.4) is 0 Å². The molecule has 3 heterocycles. The van der Waals surface area contributed by atoms with E-state index in [2.05, 4.69) is 15.3 Å². The maximum absolute atomic E-state index is 14.3. The highest BCUT2D eigenvalue weighted by Gasteiger charge is 2.35. The van der Waals surface area contributed by atoms with Crippen molar-refractivity contribution in [3.8, 4) is 0 Å². The van der Waals surface area contributed by atoms with E-state index in [0.29, 0.717) is 31.9 Å². The number of imidazole rings is 1. The van der Waals surface area contributed by atoms with Gasteiger partial charge in [0, 0.05) is 31.9 Å². The van der Waals surface area contributed by atoms with Crippen LogP contribution < -0.4 is 10.2 Å². The van der Waals surface area contributed by atoms with Gasteiger partial charge in [0.2, 0.25) is 0 Å². The number of urea groups is 1. The van der Waals surface area contributed by atoms with E-state index in [0.717, 1.165) is 16.9 Å². The minimum absolute atomic E-state index is 0.0137. The molecule has 28 heavy (non-hydrogen) atoms. The van der Waals surface area contributed by atoms with E-state index >= 15 is 0 Å². The highest BCUT2D eigenvalue weighted by molar-refractivity contribution is 5.99. The number of hydrogen-bond donors (Lipinski definition) is 2. The van der Waals surface area contributed by atoms with Crippen molar-refractivity contribution >= 4 is 28.7 Å². The lowest BCUT2D eigenvalue weighted by atomic mass is 9.98. The Labute approximate surface area is 160 Å². The zero-order valence-electron chi connectivity index (χ0n) is 15.0. The second-order valence-electron chi connectivity index (χ2n) is 7.09. The van der Waals surface area contributed by atoms with Crippen LogP contribution in [0.2, 0.25) is 0 Å². The molecule has 8 heteroatoms. The summed E-state index contributed by atoms with van der Waals surface area (Å²) in [4.78, 5) is 35.6. The van der Waals surface area contributed by atoms with Gasteiger partial charge in [0.25, 0.3) is 5.91 Å². The number of hydrogen-bond acceptors (Lipinski definition) is 3. The summed E-state index contributed by atoms with van der Waals surface area (Å²) in [6, 6.07) is 11.7. The zero-order chi connectivity index (χ0) is 19.3. The molecule has 2 fully saturated rings. The number of aromatic amines is 1. The minimum Gasteiger partial charge on any atom is -0.342 e. The Morgan fingerprint density at radius 3 is 2.75 bits per heavy atom. The summed E-state index contributed by atoms with van der Waals surface area (Å²) >= 11 is 0. The molecule has 0 aliphatic carbocycles. The van der Waals surface area contributed by atoms with E-state index in [4.69, 9.17) is 0 Å². The third-order valence-electron chi connectivity index (χ3n) is 5.31. The molecule has 2 saturated heterocycles. The second kappa shape index (κ2) is 6.33. The summed E-state index contributed by atoms with van der Waals surface area (Å²) in [5.74, 6) is -0.00739. The van der Waals surface area contributed by atoms with E-state index in [1.165, 1.54) is 23.1 Å². The van der Waals surface area contributed by atoms with E-state index in [1.54, 1.807) is 4.90 Å². The van der Waals surface area contributed by atoms with Crippen LogP contribution in [0.1, 0.15) is 22.1 Å². The third kappa shape index (κ3) is 2.69. The fraction of sp³-hybridized carbons (Fsp3) is 0.250. The number of halogens is 1. The number of para-hydroxylation sites is 2. The molecule has 2 aliphatic heterocycles. The van der Waals surface area contributed by atoms with Crippen LogP contribution in [0.25, 0.3) is 11.0 Å². The number of rotatable bonds is 3. The van der Waals surface area contributed by atoms with E-state index < -0.39 is 5.82 Å². The molecule has 3 aromatic rings. The smallest absolute Gasteiger partial charge is 0.321 e. The fourth-order valence-corrected chi connectivity index (χ4v) is 3.72. The zero-order valence-corrected chi connectivity index (χ0v) is 15.0. The number of aromatic nitrogens is 2. The van der Waals surface area contributed by atoms with Crippen LogP contribution in [-0.4, -0.2) is 53.0 Å². The summed E-state index contributed by atoms with van der Waals surface area (Å²) in [6.45, 7) is 1.99. The van der Waals surface area contributed by atoms with Gasteiger partial charge in [0.1, 0.15) is 11.6 Å². The predicted molar refractivity (Wildman–Crippen MR) is 102 cm³/mol. The molecule has 0 radical (unpaired) electrons. The number of amides is 3. The number of benzene rings is 2. The van der Waals surface area contributed by atoms with Gasteiger partial charge in [-0.2, -0.15) is 0 Å². The average molecular weight is 379 g/mol. The Bertz CT molecular complexity index is 1060. The minimum atomic E-state index is -0.583. The summed E-state index contributed by atoms with van der Waals surface area (Å²) in [5.41, 5.74) is 2.36. The Hall–Kier alpha value is -3.42. The number of carbonyl (C=O) groups is 2. The Kier molecular flexibility index (Phi) is 3.78. The third-order valence-corrected chi connectivity index (χ3v) is 5.31. The van der Waals surface area contributed by atoms with Gasteiger partial charge in [-0.15, -0.1) is 0 Å². The molecule has 5 rings (SSSR count). The van der Waals surface area contributed by atoms with Crippen LogP contribution in [0.5, 0.6) is 0 Å². The maximum Gasteiger partial charge on any atom is 0.321 e. The van der Waals surface area contributed by atoms with Crippen molar-refractivity contribution in [1.29, 1.82) is 0 Å². The topological polar surface area (TPSA) is 81.3 Å². The first-order chi connectivity index (χ1) is 13.6. The molecule has 1 aromatic heterocycles. The van der Waals surface area contributed by atoms with Crippen molar-refractivity contribution in [2.24, 2.45) is 0 Å². The van der Waals surface area contributed by atoms with Gasteiger partial charge in [0.15, 0.2) is 0 Å². The van der Waals surface area contributed by atoms with Gasteiger partial charge in [-0.25, -0.2) is 14.2 Å². The van der Waals surface area contributed by atoms with Gasteiger partial charge in [-0.3, -0.25) is 9.69 Å². The summed E-state index contributed by atoms with van der Waals surface area (Å²) in [6.07, 6.45) is 0. The summed E-state index contributed by atoms with van der Waals surface area (Å²) in [5, 5.41) is 2.70. The number of fused-ring (bicyclic) bond motifs is 1. The maximum atomic E-state index is 14.3. The molecule has 0 spiro atoms. The van der Waals surface area contributed by atoms with Gasteiger partial charge >= 0.3 is 6.03 Å². The van der Waals surface area contributed by atoms with Gasteiger partial charge < -0.3 is 15.2 Å². The number of H-pyrrole nitrogens is 1. The highest BCUT2D eigenvalue weighted by atomic mass is 19.1. The van der Waals surface area contributed by atoms with E-state index in [-0.39, 0.29) is 23.4 Å². The number of nitrogens with one attached hydrogen (secondary N) is 2. The normalized spacial score (nSPS) is 17.1. The molecule has 0 atom stereocenters. The largest absolute Gasteiger partial charge is 0.342 e. The van der Waals surface area contributed by atoms with Crippen molar-refractivity contribution in [3.05, 3.63) is 59.7 Å². The van der Waals surface area contributed by atoms with Crippen LogP contribution in [-0.2, 0) is 0 Å². The number of anilines is 1. The van der Waals surface area contributed by atoms with Crippen molar-refractivity contribution in [2.75, 3.05) is 31.1 Å². The average Bonchev–Trinajstić information content (AvgIpc) is 3.26. The molecule has 2 N–H and O–H groups in total. The first-order valence-corrected chi connectivity index (χ1v) is 9.19. The van der Waals surface area contributed by atoms with Crippen LogP contribution in [0.4, 0.5) is 14.9 Å². The van der Waals surface area contributed by atoms with Crippen LogP contribution in [0.15, 0.2) is 42.5 Å². The summed E-state index contributed by atoms with van der Waals surface area (Å²) in [7, 11) is 0. The molecular weight excluding hydrogens is 361 g/mol. The van der Waals surface area contributed by atoms with Crippen LogP contribution >= 0.6 is 0 Å². The number of likely N-dealkylation sites (tertiary alicyclic amines) is 1. The van der Waals surface area contributed by atoms with Gasteiger partial charge in [-0.05, 0) is 30.3 Å². The number of nitrogens with zero attached hydrogens (tertiary/aromatic N) is 3. The molecule has 2 aromatic carbocycles. The lowest BCUT2D eigenvalue weighted by molar-refractivity contribution is 0.0591.